The number of anilines is 1. The van der Waals surface area contributed by atoms with E-state index >= 15 is 0 Å². The number of nitrogens with zero attached hydrogens (tertiary/aromatic N) is 3. The van der Waals surface area contributed by atoms with Crippen LogP contribution >= 0.6 is 0 Å². The van der Waals surface area contributed by atoms with Gasteiger partial charge in [-0.15, -0.1) is 8.98 Å². The van der Waals surface area contributed by atoms with Crippen molar-refractivity contribution in [3.8, 4) is 0 Å². The number of halogens is 4. The lowest BCUT2D eigenvalue weighted by atomic mass is 10.4. The molecule has 1 unspecified atom stereocenters. The Hall–Kier alpha value is -1.72. The first-order chi connectivity index (χ1) is 8.59. The normalized spacial score (nSPS) is 21.2. The Morgan fingerprint density at radius 3 is 2.42 bits per heavy atom. The van der Waals surface area contributed by atoms with E-state index in [0.717, 1.165) is 0 Å². The summed E-state index contributed by atoms with van der Waals surface area (Å²) in [6, 6.07) is 0. The standard InChI is InChI=1S/C7H6F4N4O3S/c8-7(9,10)5-12-6(14-13-5)15-2-3(1-4(15)16)19(11,17)18/h3H,1-2H2,(H,12,13,14). The van der Waals surface area contributed by atoms with E-state index in [0.29, 0.717) is 4.90 Å². The molecule has 12 heteroatoms. The minimum absolute atomic E-state index is 0.591. The van der Waals surface area contributed by atoms with Crippen molar-refractivity contribution in [2.45, 2.75) is 17.8 Å². The van der Waals surface area contributed by atoms with E-state index < -0.39 is 52.3 Å². The molecule has 1 aliphatic rings. The predicted octanol–water partition coefficient (Wildman–Crippen LogP) is 0.228. The molecule has 1 atom stereocenters. The van der Waals surface area contributed by atoms with Crippen molar-refractivity contribution in [2.24, 2.45) is 0 Å². The SMILES string of the molecule is O=C1CC(S(=O)(=O)F)CN1c1n[nH]c(C(F)(F)F)n1. The van der Waals surface area contributed by atoms with Gasteiger partial charge in [-0.1, -0.05) is 0 Å². The van der Waals surface area contributed by atoms with Crippen molar-refractivity contribution in [1.82, 2.24) is 15.2 Å². The van der Waals surface area contributed by atoms with Gasteiger partial charge in [-0.05, 0) is 0 Å². The van der Waals surface area contributed by atoms with Gasteiger partial charge in [0.05, 0.1) is 0 Å². The molecule has 0 aliphatic carbocycles. The van der Waals surface area contributed by atoms with Crippen LogP contribution in [-0.2, 0) is 21.2 Å². The maximum absolute atomic E-state index is 12.7. The summed E-state index contributed by atoms with van der Waals surface area (Å²) in [4.78, 5) is 15.0. The van der Waals surface area contributed by atoms with E-state index in [9.17, 15) is 30.3 Å². The van der Waals surface area contributed by atoms with E-state index in [2.05, 4.69) is 10.1 Å². The lowest BCUT2D eigenvalue weighted by Crippen LogP contribution is -2.28. The van der Waals surface area contributed by atoms with Crippen LogP contribution in [0.25, 0.3) is 0 Å². The van der Waals surface area contributed by atoms with E-state index in [1.54, 1.807) is 5.10 Å². The van der Waals surface area contributed by atoms with Crippen LogP contribution in [0.5, 0.6) is 0 Å². The third kappa shape index (κ3) is 2.67. The molecule has 1 fully saturated rings. The molecule has 0 aromatic carbocycles. The first kappa shape index (κ1) is 13.7. The lowest BCUT2D eigenvalue weighted by Gasteiger charge is -2.10. The summed E-state index contributed by atoms with van der Waals surface area (Å²) >= 11 is 0. The van der Waals surface area contributed by atoms with Crippen molar-refractivity contribution in [3.05, 3.63) is 5.82 Å². The monoisotopic (exact) mass is 302 g/mol. The highest BCUT2D eigenvalue weighted by atomic mass is 32.3. The Morgan fingerprint density at radius 1 is 1.37 bits per heavy atom. The minimum atomic E-state index is -4.95. The van der Waals surface area contributed by atoms with Crippen LogP contribution in [-0.4, -0.2) is 41.3 Å². The highest BCUT2D eigenvalue weighted by Crippen LogP contribution is 2.29. The van der Waals surface area contributed by atoms with Crippen molar-refractivity contribution in [2.75, 3.05) is 11.4 Å². The number of hydrogen-bond acceptors (Lipinski definition) is 5. The molecule has 1 N–H and O–H groups in total. The molecule has 0 spiro atoms. The second-order valence-electron chi connectivity index (χ2n) is 3.79. The van der Waals surface area contributed by atoms with Crippen LogP contribution < -0.4 is 4.90 Å². The van der Waals surface area contributed by atoms with Crippen molar-refractivity contribution >= 4 is 22.1 Å². The molecule has 1 saturated heterocycles. The minimum Gasteiger partial charge on any atom is -0.278 e. The molecule has 2 heterocycles. The van der Waals surface area contributed by atoms with E-state index in [4.69, 9.17) is 0 Å². The summed E-state index contributed by atoms with van der Waals surface area (Å²) in [7, 11) is -4.95. The number of nitrogens with one attached hydrogen (secondary N) is 1. The molecule has 0 bridgehead atoms. The number of carbonyl (C=O) groups excluding carboxylic acids is 1. The van der Waals surface area contributed by atoms with Gasteiger partial charge in [0.2, 0.25) is 11.7 Å². The zero-order valence-electron chi connectivity index (χ0n) is 8.98. The van der Waals surface area contributed by atoms with Gasteiger partial charge in [-0.2, -0.15) is 26.6 Å². The highest BCUT2D eigenvalue weighted by Gasteiger charge is 2.42. The Kier molecular flexibility index (Phi) is 2.99. The number of rotatable bonds is 2. The first-order valence-corrected chi connectivity index (χ1v) is 6.27. The predicted molar refractivity (Wildman–Crippen MR) is 52.2 cm³/mol. The molecule has 0 saturated carbocycles. The van der Waals surface area contributed by atoms with Gasteiger partial charge in [0.25, 0.3) is 5.95 Å². The average Bonchev–Trinajstić information content (AvgIpc) is 2.80. The molecule has 1 aliphatic heterocycles. The fourth-order valence-electron chi connectivity index (χ4n) is 1.56. The molecule has 106 valence electrons. The van der Waals surface area contributed by atoms with Gasteiger partial charge < -0.3 is 0 Å². The van der Waals surface area contributed by atoms with Crippen molar-refractivity contribution in [1.29, 1.82) is 0 Å². The van der Waals surface area contributed by atoms with Crippen molar-refractivity contribution < 1.29 is 30.3 Å². The zero-order chi connectivity index (χ0) is 14.4. The molecule has 7 nitrogen and oxygen atoms in total. The van der Waals surface area contributed by atoms with Gasteiger partial charge in [-0.3, -0.25) is 14.8 Å². The van der Waals surface area contributed by atoms with E-state index in [-0.39, 0.29) is 0 Å². The maximum Gasteiger partial charge on any atom is 0.451 e. The van der Waals surface area contributed by atoms with Crippen LogP contribution in [0.2, 0.25) is 0 Å². The van der Waals surface area contributed by atoms with Gasteiger partial charge in [0.1, 0.15) is 5.25 Å². The Morgan fingerprint density at radius 2 is 2.00 bits per heavy atom. The molecule has 1 aromatic heterocycles. The van der Waals surface area contributed by atoms with E-state index in [1.165, 1.54) is 0 Å². The number of carbonyl (C=O) groups is 1. The molecular formula is C7H6F4N4O3S. The van der Waals surface area contributed by atoms with Gasteiger partial charge >= 0.3 is 16.4 Å². The Bertz CT molecular complexity index is 610. The summed E-state index contributed by atoms with van der Waals surface area (Å²) in [5, 5.41) is 3.12. The van der Waals surface area contributed by atoms with Crippen LogP contribution in [0.4, 0.5) is 23.0 Å². The Balaban J connectivity index is 2.24. The van der Waals surface area contributed by atoms with Crippen LogP contribution in [0, 0.1) is 0 Å². The zero-order valence-corrected chi connectivity index (χ0v) is 9.79. The summed E-state index contributed by atoms with van der Waals surface area (Å²) < 4.78 is 70.8. The second kappa shape index (κ2) is 4.15. The van der Waals surface area contributed by atoms with Crippen LogP contribution in [0.15, 0.2) is 0 Å². The van der Waals surface area contributed by atoms with Crippen molar-refractivity contribution in [3.63, 3.8) is 0 Å². The highest BCUT2D eigenvalue weighted by molar-refractivity contribution is 7.87. The third-order valence-electron chi connectivity index (χ3n) is 2.47. The number of alkyl halides is 3. The summed E-state index contributed by atoms with van der Waals surface area (Å²) in [6.45, 7) is -0.618. The first-order valence-electron chi connectivity index (χ1n) is 4.82. The maximum atomic E-state index is 12.7. The molecule has 1 amide bonds. The molecule has 2 rings (SSSR count). The molecule has 0 radical (unpaired) electrons. The van der Waals surface area contributed by atoms with Gasteiger partial charge in [0.15, 0.2) is 0 Å². The lowest BCUT2D eigenvalue weighted by molar-refractivity contribution is -0.144. The van der Waals surface area contributed by atoms with Gasteiger partial charge in [-0.25, -0.2) is 0 Å². The number of hydrogen-bond donors (Lipinski definition) is 1. The largest absolute Gasteiger partial charge is 0.451 e. The number of aromatic nitrogens is 3. The molecule has 1 aromatic rings. The Labute approximate surface area is 103 Å². The quantitative estimate of drug-likeness (QED) is 0.623. The van der Waals surface area contributed by atoms with Crippen LogP contribution in [0.1, 0.15) is 12.2 Å². The smallest absolute Gasteiger partial charge is 0.278 e. The molecular weight excluding hydrogens is 296 g/mol. The third-order valence-corrected chi connectivity index (χ3v) is 3.58. The summed E-state index contributed by atoms with van der Waals surface area (Å²) in [5.41, 5.74) is 0. The van der Waals surface area contributed by atoms with Gasteiger partial charge in [0, 0.05) is 13.0 Å². The fourth-order valence-corrected chi connectivity index (χ4v) is 2.23. The number of H-pyrrole nitrogens is 1. The average molecular weight is 302 g/mol. The summed E-state index contributed by atoms with van der Waals surface area (Å²) in [5.74, 6) is -2.93. The second-order valence-corrected chi connectivity index (χ2v) is 5.41. The molecule has 19 heavy (non-hydrogen) atoms. The number of amides is 1. The van der Waals surface area contributed by atoms with E-state index in [1.807, 2.05) is 0 Å². The fraction of sp³-hybridized carbons (Fsp3) is 0.571. The number of aromatic amines is 1. The summed E-state index contributed by atoms with van der Waals surface area (Å²) in [6.07, 6.45) is -5.44. The van der Waals surface area contributed by atoms with Crippen LogP contribution in [0.3, 0.4) is 0 Å². The topological polar surface area (TPSA) is 96.0 Å².